The highest BCUT2D eigenvalue weighted by molar-refractivity contribution is 9.10. The molecule has 1 aliphatic carbocycles. The molecule has 1 aromatic rings. The van der Waals surface area contributed by atoms with Gasteiger partial charge in [0, 0.05) is 14.7 Å². The van der Waals surface area contributed by atoms with Crippen molar-refractivity contribution in [3.05, 3.63) is 28.2 Å². The summed E-state index contributed by atoms with van der Waals surface area (Å²) in [6.07, 6.45) is 2.56. The van der Waals surface area contributed by atoms with Gasteiger partial charge in [-0.2, -0.15) is 0 Å². The third-order valence-electron chi connectivity index (χ3n) is 4.05. The fourth-order valence-corrected chi connectivity index (χ4v) is 3.55. The average Bonchev–Trinajstić information content (AvgIpc) is 2.32. The van der Waals surface area contributed by atoms with Crippen LogP contribution >= 0.6 is 31.9 Å². The molecule has 17 heavy (non-hydrogen) atoms. The van der Waals surface area contributed by atoms with Gasteiger partial charge in [0.05, 0.1) is 0 Å². The molecule has 0 N–H and O–H groups in total. The first kappa shape index (κ1) is 13.4. The molecule has 3 atom stereocenters. The highest BCUT2D eigenvalue weighted by Gasteiger charge is 2.50. The lowest BCUT2D eigenvalue weighted by molar-refractivity contribution is -0.0247. The number of rotatable bonds is 3. The van der Waals surface area contributed by atoms with Crippen LogP contribution in [0.4, 0.5) is 0 Å². The van der Waals surface area contributed by atoms with Crippen molar-refractivity contribution < 1.29 is 4.74 Å². The maximum Gasteiger partial charge on any atom is 0.123 e. The maximum atomic E-state index is 6.18. The van der Waals surface area contributed by atoms with Gasteiger partial charge in [-0.3, -0.25) is 0 Å². The van der Waals surface area contributed by atoms with E-state index >= 15 is 0 Å². The van der Waals surface area contributed by atoms with Crippen LogP contribution in [0.2, 0.25) is 0 Å². The normalized spacial score (nSPS) is 32.1. The SMILES string of the molecule is CCC1(C)C(Br)CC1Oc1cc(Br)ccc1C. The van der Waals surface area contributed by atoms with Crippen molar-refractivity contribution in [3.63, 3.8) is 0 Å². The average molecular weight is 362 g/mol. The van der Waals surface area contributed by atoms with E-state index < -0.39 is 0 Å². The fourth-order valence-electron chi connectivity index (χ4n) is 2.25. The van der Waals surface area contributed by atoms with Crippen LogP contribution in [0.15, 0.2) is 22.7 Å². The van der Waals surface area contributed by atoms with E-state index in [1.165, 1.54) is 5.56 Å². The Morgan fingerprint density at radius 3 is 2.76 bits per heavy atom. The molecule has 1 aliphatic rings. The van der Waals surface area contributed by atoms with Crippen molar-refractivity contribution in [2.45, 2.75) is 44.5 Å². The zero-order valence-corrected chi connectivity index (χ0v) is 13.6. The van der Waals surface area contributed by atoms with Crippen molar-refractivity contribution in [2.24, 2.45) is 5.41 Å². The lowest BCUT2D eigenvalue weighted by atomic mass is 9.65. The quantitative estimate of drug-likeness (QED) is 0.681. The molecule has 0 spiro atoms. The minimum absolute atomic E-state index is 0.259. The van der Waals surface area contributed by atoms with E-state index in [0.717, 1.165) is 23.1 Å². The van der Waals surface area contributed by atoms with Gasteiger partial charge in [-0.15, -0.1) is 0 Å². The van der Waals surface area contributed by atoms with Crippen molar-refractivity contribution >= 4 is 31.9 Å². The molecule has 0 radical (unpaired) electrons. The number of hydrogen-bond acceptors (Lipinski definition) is 1. The Morgan fingerprint density at radius 2 is 2.18 bits per heavy atom. The largest absolute Gasteiger partial charge is 0.489 e. The first-order chi connectivity index (χ1) is 7.97. The van der Waals surface area contributed by atoms with Gasteiger partial charge in [0.15, 0.2) is 0 Å². The monoisotopic (exact) mass is 360 g/mol. The molecular formula is C14H18Br2O. The van der Waals surface area contributed by atoms with Crippen LogP contribution in [-0.2, 0) is 0 Å². The molecule has 94 valence electrons. The van der Waals surface area contributed by atoms with Crippen LogP contribution in [0.5, 0.6) is 5.75 Å². The summed E-state index contributed by atoms with van der Waals surface area (Å²) in [6, 6.07) is 6.20. The van der Waals surface area contributed by atoms with Gasteiger partial charge in [-0.1, -0.05) is 51.8 Å². The molecule has 3 unspecified atom stereocenters. The number of aryl methyl sites for hydroxylation is 1. The first-order valence-electron chi connectivity index (χ1n) is 6.04. The third kappa shape index (κ3) is 2.41. The van der Waals surface area contributed by atoms with Crippen LogP contribution in [0, 0.1) is 12.3 Å². The Morgan fingerprint density at radius 1 is 1.47 bits per heavy atom. The van der Waals surface area contributed by atoms with Crippen molar-refractivity contribution in [1.29, 1.82) is 0 Å². The lowest BCUT2D eigenvalue weighted by Gasteiger charge is -2.50. The van der Waals surface area contributed by atoms with Gasteiger partial charge < -0.3 is 4.74 Å². The number of benzene rings is 1. The van der Waals surface area contributed by atoms with E-state index in [9.17, 15) is 0 Å². The molecule has 3 heteroatoms. The minimum atomic E-state index is 0.259. The van der Waals surface area contributed by atoms with E-state index in [1.54, 1.807) is 0 Å². The molecule has 0 aromatic heterocycles. The standard InChI is InChI=1S/C14H18Br2O/c1-4-14(3)12(16)8-13(14)17-11-7-10(15)6-5-9(11)2/h5-7,12-13H,4,8H2,1-3H3. The Labute approximate surface area is 120 Å². The summed E-state index contributed by atoms with van der Waals surface area (Å²) < 4.78 is 7.25. The van der Waals surface area contributed by atoms with Crippen LogP contribution in [0.3, 0.4) is 0 Å². The molecule has 0 bridgehead atoms. The van der Waals surface area contributed by atoms with Crippen molar-refractivity contribution in [1.82, 2.24) is 0 Å². The van der Waals surface area contributed by atoms with Crippen molar-refractivity contribution in [3.8, 4) is 5.75 Å². The van der Waals surface area contributed by atoms with Crippen molar-refractivity contribution in [2.75, 3.05) is 0 Å². The molecule has 0 amide bonds. The van der Waals surface area contributed by atoms with Crippen LogP contribution in [0.25, 0.3) is 0 Å². The summed E-state index contributed by atoms with van der Waals surface area (Å²) in [4.78, 5) is 0.581. The van der Waals surface area contributed by atoms with E-state index in [1.807, 2.05) is 0 Å². The molecule has 1 saturated carbocycles. The number of hydrogen-bond donors (Lipinski definition) is 0. The second-order valence-electron chi connectivity index (χ2n) is 5.08. The summed E-state index contributed by atoms with van der Waals surface area (Å²) >= 11 is 7.23. The zero-order chi connectivity index (χ0) is 12.6. The van der Waals surface area contributed by atoms with E-state index in [0.29, 0.717) is 10.9 Å². The summed E-state index contributed by atoms with van der Waals surface area (Å²) in [6.45, 7) is 6.63. The minimum Gasteiger partial charge on any atom is -0.489 e. The summed E-state index contributed by atoms with van der Waals surface area (Å²) in [5.41, 5.74) is 1.46. The predicted octanol–water partition coefficient (Wildman–Crippen LogP) is 5.09. The van der Waals surface area contributed by atoms with Gasteiger partial charge >= 0.3 is 0 Å². The second-order valence-corrected chi connectivity index (χ2v) is 7.10. The Balaban J connectivity index is 2.14. The fraction of sp³-hybridized carbons (Fsp3) is 0.571. The molecular weight excluding hydrogens is 344 g/mol. The predicted molar refractivity (Wildman–Crippen MR) is 79.0 cm³/mol. The number of halogens is 2. The van der Waals surface area contributed by atoms with E-state index in [2.05, 4.69) is 70.8 Å². The number of alkyl halides is 1. The Hall–Kier alpha value is -0.0200. The molecule has 0 heterocycles. The summed E-state index contributed by atoms with van der Waals surface area (Å²) in [5, 5.41) is 0. The van der Waals surface area contributed by atoms with E-state index in [4.69, 9.17) is 4.74 Å². The summed E-state index contributed by atoms with van der Waals surface area (Å²) in [5.74, 6) is 1.00. The summed E-state index contributed by atoms with van der Waals surface area (Å²) in [7, 11) is 0. The van der Waals surface area contributed by atoms with Crippen LogP contribution < -0.4 is 4.74 Å². The Bertz CT molecular complexity index is 419. The third-order valence-corrected chi connectivity index (χ3v) is 5.97. The lowest BCUT2D eigenvalue weighted by Crippen LogP contribution is -2.54. The molecule has 0 saturated heterocycles. The van der Waals surface area contributed by atoms with Crippen LogP contribution in [-0.4, -0.2) is 10.9 Å². The zero-order valence-electron chi connectivity index (χ0n) is 10.5. The van der Waals surface area contributed by atoms with Gasteiger partial charge in [0.1, 0.15) is 11.9 Å². The topological polar surface area (TPSA) is 9.23 Å². The number of ether oxygens (including phenoxy) is 1. The smallest absolute Gasteiger partial charge is 0.123 e. The van der Waals surface area contributed by atoms with Gasteiger partial charge in [-0.05, 0) is 37.5 Å². The molecule has 1 fully saturated rings. The first-order valence-corrected chi connectivity index (χ1v) is 7.75. The van der Waals surface area contributed by atoms with Crippen LogP contribution in [0.1, 0.15) is 32.3 Å². The van der Waals surface area contributed by atoms with Gasteiger partial charge in [0.25, 0.3) is 0 Å². The molecule has 0 aliphatic heterocycles. The molecule has 1 aromatic carbocycles. The molecule has 2 rings (SSSR count). The maximum absolute atomic E-state index is 6.18. The highest BCUT2D eigenvalue weighted by atomic mass is 79.9. The second kappa shape index (κ2) is 4.93. The Kier molecular flexibility index (Phi) is 3.89. The van der Waals surface area contributed by atoms with E-state index in [-0.39, 0.29) is 5.41 Å². The molecule has 1 nitrogen and oxygen atoms in total. The highest BCUT2D eigenvalue weighted by Crippen LogP contribution is 2.50. The van der Waals surface area contributed by atoms with Gasteiger partial charge in [0.2, 0.25) is 0 Å². The van der Waals surface area contributed by atoms with Gasteiger partial charge in [-0.25, -0.2) is 0 Å².